The molecule has 2 N–H and O–H groups in total. The third-order valence-corrected chi connectivity index (χ3v) is 4.16. The Labute approximate surface area is 124 Å². The van der Waals surface area contributed by atoms with Crippen LogP contribution in [-0.2, 0) is 6.54 Å². The van der Waals surface area contributed by atoms with Crippen LogP contribution in [-0.4, -0.2) is 38.5 Å². The fourth-order valence-electron chi connectivity index (χ4n) is 3.00. The number of aryl methyl sites for hydroxylation is 1. The highest BCUT2D eigenvalue weighted by molar-refractivity contribution is 5.39. The molecule has 0 radical (unpaired) electrons. The van der Waals surface area contributed by atoms with Gasteiger partial charge in [-0.3, -0.25) is 14.8 Å². The van der Waals surface area contributed by atoms with E-state index in [0.717, 1.165) is 12.8 Å². The molecule has 7 nitrogen and oxygen atoms in total. The van der Waals surface area contributed by atoms with E-state index in [9.17, 15) is 15.2 Å². The van der Waals surface area contributed by atoms with Gasteiger partial charge in [-0.15, -0.1) is 0 Å². The second kappa shape index (κ2) is 7.00. The van der Waals surface area contributed by atoms with Crippen molar-refractivity contribution in [1.29, 1.82) is 0 Å². The summed E-state index contributed by atoms with van der Waals surface area (Å²) in [4.78, 5) is 10.5. The van der Waals surface area contributed by atoms with E-state index in [1.165, 1.54) is 23.9 Å². The smallest absolute Gasteiger partial charge is 0.312 e. The maximum atomic E-state index is 11.0. The summed E-state index contributed by atoms with van der Waals surface area (Å²) in [6, 6.07) is 0.489. The molecule has 118 valence electrons. The number of aliphatic hydroxyl groups is 1. The predicted molar refractivity (Wildman–Crippen MR) is 79.2 cm³/mol. The molecule has 1 heterocycles. The van der Waals surface area contributed by atoms with Crippen LogP contribution in [0.5, 0.6) is 0 Å². The molecule has 2 rings (SSSR count). The largest absolute Gasteiger partial charge is 0.390 e. The molecular weight excluding hydrogens is 272 g/mol. The molecule has 1 aromatic heterocycles. The van der Waals surface area contributed by atoms with Crippen molar-refractivity contribution in [2.45, 2.75) is 64.6 Å². The number of nitrogens with one attached hydrogen (secondary N) is 1. The van der Waals surface area contributed by atoms with Gasteiger partial charge in [0.2, 0.25) is 0 Å². The molecule has 1 aliphatic rings. The minimum atomic E-state index is -0.593. The van der Waals surface area contributed by atoms with Crippen LogP contribution in [0.15, 0.2) is 0 Å². The Morgan fingerprint density at radius 3 is 2.67 bits per heavy atom. The topological polar surface area (TPSA) is 93.2 Å². The van der Waals surface area contributed by atoms with E-state index in [2.05, 4.69) is 10.4 Å². The van der Waals surface area contributed by atoms with E-state index >= 15 is 0 Å². The first kappa shape index (κ1) is 15.9. The van der Waals surface area contributed by atoms with Crippen molar-refractivity contribution in [3.63, 3.8) is 0 Å². The van der Waals surface area contributed by atoms with Gasteiger partial charge >= 0.3 is 5.69 Å². The van der Waals surface area contributed by atoms with Crippen LogP contribution in [0.1, 0.15) is 43.5 Å². The van der Waals surface area contributed by atoms with Gasteiger partial charge in [0.05, 0.1) is 17.6 Å². The molecule has 0 spiro atoms. The number of nitrogens with zero attached hydrogens (tertiary/aromatic N) is 3. The molecule has 0 saturated heterocycles. The quantitative estimate of drug-likeness (QED) is 0.615. The average molecular weight is 296 g/mol. The van der Waals surface area contributed by atoms with Crippen LogP contribution < -0.4 is 5.32 Å². The molecule has 0 aromatic carbocycles. The van der Waals surface area contributed by atoms with E-state index in [0.29, 0.717) is 24.0 Å². The van der Waals surface area contributed by atoms with Gasteiger partial charge in [-0.25, -0.2) is 0 Å². The zero-order valence-electron chi connectivity index (χ0n) is 12.7. The highest BCUT2D eigenvalue weighted by atomic mass is 16.6. The van der Waals surface area contributed by atoms with Gasteiger partial charge in [0, 0.05) is 12.6 Å². The Hall–Kier alpha value is -1.47. The van der Waals surface area contributed by atoms with Crippen LogP contribution >= 0.6 is 0 Å². The standard InChI is InChI=1S/C14H24N4O3/c1-10-14(18(20)21)11(2)17(16-10)9-13(19)8-15-12-6-4-3-5-7-12/h12-13,15,19H,3-9H2,1-2H3. The lowest BCUT2D eigenvalue weighted by Crippen LogP contribution is -2.38. The van der Waals surface area contributed by atoms with Crippen LogP contribution in [0.2, 0.25) is 0 Å². The van der Waals surface area contributed by atoms with Gasteiger partial charge in [0.1, 0.15) is 11.4 Å². The number of nitro groups is 1. The first-order valence-corrected chi connectivity index (χ1v) is 7.59. The monoisotopic (exact) mass is 296 g/mol. The van der Waals surface area contributed by atoms with Gasteiger partial charge in [-0.1, -0.05) is 19.3 Å². The molecule has 1 saturated carbocycles. The molecule has 1 aliphatic carbocycles. The molecular formula is C14H24N4O3. The molecule has 0 aliphatic heterocycles. The Kier molecular flexibility index (Phi) is 5.30. The maximum absolute atomic E-state index is 11.0. The minimum Gasteiger partial charge on any atom is -0.390 e. The highest BCUT2D eigenvalue weighted by Crippen LogP contribution is 2.22. The third-order valence-electron chi connectivity index (χ3n) is 4.16. The third kappa shape index (κ3) is 4.01. The lowest BCUT2D eigenvalue weighted by molar-refractivity contribution is -0.386. The van der Waals surface area contributed by atoms with E-state index in [-0.39, 0.29) is 12.2 Å². The normalized spacial score (nSPS) is 17.9. The summed E-state index contributed by atoms with van der Waals surface area (Å²) in [6.45, 7) is 4.06. The zero-order valence-corrected chi connectivity index (χ0v) is 12.7. The zero-order chi connectivity index (χ0) is 15.4. The molecule has 21 heavy (non-hydrogen) atoms. The number of hydrogen-bond donors (Lipinski definition) is 2. The summed E-state index contributed by atoms with van der Waals surface area (Å²) < 4.78 is 1.53. The Morgan fingerprint density at radius 2 is 2.10 bits per heavy atom. The Bertz CT molecular complexity index is 495. The molecule has 1 unspecified atom stereocenters. The van der Waals surface area contributed by atoms with Gasteiger partial charge in [0.25, 0.3) is 0 Å². The highest BCUT2D eigenvalue weighted by Gasteiger charge is 2.23. The molecule has 1 fully saturated rings. The molecule has 0 bridgehead atoms. The van der Waals surface area contributed by atoms with Crippen molar-refractivity contribution in [1.82, 2.24) is 15.1 Å². The van der Waals surface area contributed by atoms with E-state index in [1.54, 1.807) is 13.8 Å². The van der Waals surface area contributed by atoms with Crippen molar-refractivity contribution in [3.8, 4) is 0 Å². The van der Waals surface area contributed by atoms with Crippen LogP contribution in [0.3, 0.4) is 0 Å². The van der Waals surface area contributed by atoms with Crippen molar-refractivity contribution in [3.05, 3.63) is 21.5 Å². The second-order valence-corrected chi connectivity index (χ2v) is 5.86. The second-order valence-electron chi connectivity index (χ2n) is 5.86. The Morgan fingerprint density at radius 1 is 1.43 bits per heavy atom. The summed E-state index contributed by atoms with van der Waals surface area (Å²) in [5, 5.41) is 28.6. The van der Waals surface area contributed by atoms with E-state index < -0.39 is 11.0 Å². The van der Waals surface area contributed by atoms with E-state index in [1.807, 2.05) is 0 Å². The summed E-state index contributed by atoms with van der Waals surface area (Å²) in [6.07, 6.45) is 5.53. The molecule has 7 heteroatoms. The van der Waals surface area contributed by atoms with Crippen LogP contribution in [0, 0.1) is 24.0 Å². The van der Waals surface area contributed by atoms with Gasteiger partial charge in [0.15, 0.2) is 0 Å². The average Bonchev–Trinajstić information content (AvgIpc) is 2.72. The lowest BCUT2D eigenvalue weighted by Gasteiger charge is -2.24. The summed E-state index contributed by atoms with van der Waals surface area (Å²) in [7, 11) is 0. The van der Waals surface area contributed by atoms with Crippen LogP contribution in [0.4, 0.5) is 5.69 Å². The fraction of sp³-hybridized carbons (Fsp3) is 0.786. The van der Waals surface area contributed by atoms with Crippen molar-refractivity contribution in [2.75, 3.05) is 6.54 Å². The van der Waals surface area contributed by atoms with Gasteiger partial charge in [-0.05, 0) is 26.7 Å². The lowest BCUT2D eigenvalue weighted by atomic mass is 9.95. The maximum Gasteiger partial charge on any atom is 0.312 e. The number of rotatable bonds is 6. The predicted octanol–water partition coefficient (Wildman–Crippen LogP) is 1.69. The first-order chi connectivity index (χ1) is 9.99. The molecule has 1 aromatic rings. The summed E-state index contributed by atoms with van der Waals surface area (Å²) in [5.74, 6) is 0. The van der Waals surface area contributed by atoms with Gasteiger partial charge in [-0.2, -0.15) is 5.10 Å². The number of hydrogen-bond acceptors (Lipinski definition) is 5. The SMILES string of the molecule is Cc1nn(CC(O)CNC2CCCCC2)c(C)c1[N+](=O)[O-]. The van der Waals surface area contributed by atoms with Crippen molar-refractivity contribution >= 4 is 5.69 Å². The molecule has 1 atom stereocenters. The van der Waals surface area contributed by atoms with Crippen LogP contribution in [0.25, 0.3) is 0 Å². The Balaban J connectivity index is 1.89. The van der Waals surface area contributed by atoms with E-state index in [4.69, 9.17) is 0 Å². The first-order valence-electron chi connectivity index (χ1n) is 7.59. The van der Waals surface area contributed by atoms with Crippen molar-refractivity contribution in [2.24, 2.45) is 0 Å². The number of aromatic nitrogens is 2. The summed E-state index contributed by atoms with van der Waals surface area (Å²) >= 11 is 0. The minimum absolute atomic E-state index is 0.0439. The molecule has 0 amide bonds. The fourth-order valence-corrected chi connectivity index (χ4v) is 3.00. The summed E-state index contributed by atoms with van der Waals surface area (Å²) in [5.41, 5.74) is 0.932. The van der Waals surface area contributed by atoms with Crippen molar-refractivity contribution < 1.29 is 10.0 Å². The number of aliphatic hydroxyl groups excluding tert-OH is 1. The van der Waals surface area contributed by atoms with Gasteiger partial charge < -0.3 is 10.4 Å².